The molecule has 2 rings (SSSR count). The molecule has 1 N–H and O–H groups in total. The molecule has 1 aromatic heterocycles. The van der Waals surface area contributed by atoms with Crippen molar-refractivity contribution >= 4 is 27.4 Å². The predicted octanol–water partition coefficient (Wildman–Crippen LogP) is 4.70. The molecule has 1 aromatic carbocycles. The average Bonchev–Trinajstić information content (AvgIpc) is 2.34. The van der Waals surface area contributed by atoms with E-state index in [-0.39, 0.29) is 11.1 Å². The Bertz CT molecular complexity index is 661. The Morgan fingerprint density at radius 3 is 2.10 bits per heavy atom. The second-order valence-electron chi connectivity index (χ2n) is 5.53. The van der Waals surface area contributed by atoms with Crippen LogP contribution in [0.5, 0.6) is 0 Å². The van der Waals surface area contributed by atoms with Crippen LogP contribution in [-0.2, 0) is 5.41 Å². The van der Waals surface area contributed by atoms with Crippen molar-refractivity contribution in [1.29, 1.82) is 0 Å². The second-order valence-corrected chi connectivity index (χ2v) is 6.34. The third-order valence-corrected chi connectivity index (χ3v) is 3.03. The Balaban J connectivity index is 2.38. The first kappa shape index (κ1) is 15.8. The molecule has 0 radical (unpaired) electrons. The molecule has 0 saturated carbocycles. The largest absolute Gasteiger partial charge is 0.340 e. The minimum Gasteiger partial charge on any atom is -0.340 e. The molecule has 0 aliphatic carbocycles. The van der Waals surface area contributed by atoms with Crippen LogP contribution < -0.4 is 5.32 Å². The zero-order chi connectivity index (χ0) is 15.8. The highest BCUT2D eigenvalue weighted by atomic mass is 79.9. The SMILES string of the molecule is CC(C)(C)c1nc(Br)cc(Nc2cc(F)c(F)c(F)c2)n1. The summed E-state index contributed by atoms with van der Waals surface area (Å²) in [5.41, 5.74) is -0.226. The van der Waals surface area contributed by atoms with Crippen molar-refractivity contribution in [1.82, 2.24) is 9.97 Å². The summed E-state index contributed by atoms with van der Waals surface area (Å²) in [7, 11) is 0. The third-order valence-electron chi connectivity index (χ3n) is 2.62. The maximum absolute atomic E-state index is 13.2. The van der Waals surface area contributed by atoms with Crippen LogP contribution in [0.1, 0.15) is 26.6 Å². The van der Waals surface area contributed by atoms with Gasteiger partial charge in [0.25, 0.3) is 0 Å². The molecule has 0 fully saturated rings. The maximum atomic E-state index is 13.2. The molecule has 0 aliphatic heterocycles. The maximum Gasteiger partial charge on any atom is 0.194 e. The zero-order valence-electron chi connectivity index (χ0n) is 11.6. The van der Waals surface area contributed by atoms with E-state index >= 15 is 0 Å². The van der Waals surface area contributed by atoms with Crippen molar-refractivity contribution in [3.05, 3.63) is 46.1 Å². The number of aromatic nitrogens is 2. The van der Waals surface area contributed by atoms with Crippen LogP contribution in [0, 0.1) is 17.5 Å². The molecule has 2 aromatic rings. The second kappa shape index (κ2) is 5.63. The van der Waals surface area contributed by atoms with Crippen LogP contribution in [0.25, 0.3) is 0 Å². The molecular formula is C14H13BrF3N3. The van der Waals surface area contributed by atoms with Gasteiger partial charge < -0.3 is 5.32 Å². The molecule has 0 unspecified atom stereocenters. The molecule has 0 aliphatic rings. The van der Waals surface area contributed by atoms with E-state index in [1.54, 1.807) is 6.07 Å². The van der Waals surface area contributed by atoms with E-state index in [0.29, 0.717) is 16.2 Å². The van der Waals surface area contributed by atoms with Gasteiger partial charge in [-0.2, -0.15) is 0 Å². The summed E-state index contributed by atoms with van der Waals surface area (Å²) >= 11 is 3.26. The topological polar surface area (TPSA) is 37.8 Å². The molecule has 0 atom stereocenters. The fourth-order valence-corrected chi connectivity index (χ4v) is 1.98. The van der Waals surface area contributed by atoms with E-state index in [1.807, 2.05) is 20.8 Å². The molecule has 0 saturated heterocycles. The van der Waals surface area contributed by atoms with Crippen molar-refractivity contribution in [3.8, 4) is 0 Å². The molecule has 21 heavy (non-hydrogen) atoms. The third kappa shape index (κ3) is 3.72. The number of hydrogen-bond acceptors (Lipinski definition) is 3. The molecule has 0 spiro atoms. The van der Waals surface area contributed by atoms with Gasteiger partial charge in [0, 0.05) is 29.3 Å². The van der Waals surface area contributed by atoms with Crippen molar-refractivity contribution in [2.24, 2.45) is 0 Å². The summed E-state index contributed by atoms with van der Waals surface area (Å²) in [6.07, 6.45) is 0. The van der Waals surface area contributed by atoms with Gasteiger partial charge in [-0.05, 0) is 15.9 Å². The first-order valence-corrected chi connectivity index (χ1v) is 6.93. The van der Waals surface area contributed by atoms with E-state index in [1.165, 1.54) is 0 Å². The lowest BCUT2D eigenvalue weighted by Gasteiger charge is -2.18. The number of nitrogens with one attached hydrogen (secondary N) is 1. The van der Waals surface area contributed by atoms with Crippen molar-refractivity contribution in [2.75, 3.05) is 5.32 Å². The van der Waals surface area contributed by atoms with E-state index in [9.17, 15) is 13.2 Å². The lowest BCUT2D eigenvalue weighted by atomic mass is 9.96. The molecule has 1 heterocycles. The molecule has 3 nitrogen and oxygen atoms in total. The molecule has 0 amide bonds. The van der Waals surface area contributed by atoms with Crippen LogP contribution in [0.15, 0.2) is 22.8 Å². The van der Waals surface area contributed by atoms with Gasteiger partial charge in [-0.3, -0.25) is 0 Å². The average molecular weight is 360 g/mol. The van der Waals surface area contributed by atoms with E-state index in [0.717, 1.165) is 12.1 Å². The summed E-state index contributed by atoms with van der Waals surface area (Å²) < 4.78 is 39.8. The molecular weight excluding hydrogens is 347 g/mol. The van der Waals surface area contributed by atoms with Crippen LogP contribution in [0.4, 0.5) is 24.7 Å². The number of benzene rings is 1. The Kier molecular flexibility index (Phi) is 4.22. The highest BCUT2D eigenvalue weighted by Crippen LogP contribution is 2.25. The van der Waals surface area contributed by atoms with Crippen LogP contribution in [0.3, 0.4) is 0 Å². The standard InChI is InChI=1S/C14H13BrF3N3/c1-14(2,3)13-20-10(15)6-11(21-13)19-7-4-8(16)12(18)9(17)5-7/h4-6H,1-3H3,(H,19,20,21). The monoisotopic (exact) mass is 359 g/mol. The van der Waals surface area contributed by atoms with Gasteiger partial charge in [0.2, 0.25) is 0 Å². The summed E-state index contributed by atoms with van der Waals surface area (Å²) in [5, 5.41) is 2.74. The van der Waals surface area contributed by atoms with E-state index < -0.39 is 17.5 Å². The number of halogens is 4. The van der Waals surface area contributed by atoms with Gasteiger partial charge in [-0.15, -0.1) is 0 Å². The van der Waals surface area contributed by atoms with E-state index in [2.05, 4.69) is 31.2 Å². The minimum atomic E-state index is -1.50. The highest BCUT2D eigenvalue weighted by Gasteiger charge is 2.19. The van der Waals surface area contributed by atoms with Crippen molar-refractivity contribution < 1.29 is 13.2 Å². The number of rotatable bonds is 2. The lowest BCUT2D eigenvalue weighted by Crippen LogP contribution is -2.17. The van der Waals surface area contributed by atoms with Gasteiger partial charge in [0.15, 0.2) is 17.5 Å². The van der Waals surface area contributed by atoms with Crippen LogP contribution >= 0.6 is 15.9 Å². The van der Waals surface area contributed by atoms with Gasteiger partial charge in [0.05, 0.1) is 0 Å². The summed E-state index contributed by atoms with van der Waals surface area (Å²) in [4.78, 5) is 8.54. The van der Waals surface area contributed by atoms with Gasteiger partial charge >= 0.3 is 0 Å². The minimum absolute atomic E-state index is 0.0665. The Morgan fingerprint density at radius 1 is 1.00 bits per heavy atom. The fourth-order valence-electron chi connectivity index (χ4n) is 1.59. The van der Waals surface area contributed by atoms with Crippen molar-refractivity contribution in [2.45, 2.75) is 26.2 Å². The fraction of sp³-hybridized carbons (Fsp3) is 0.286. The van der Waals surface area contributed by atoms with Crippen LogP contribution in [-0.4, -0.2) is 9.97 Å². The smallest absolute Gasteiger partial charge is 0.194 e. The Labute approximate surface area is 128 Å². The van der Waals surface area contributed by atoms with Gasteiger partial charge in [0.1, 0.15) is 16.2 Å². The Morgan fingerprint density at radius 2 is 1.57 bits per heavy atom. The Hall–Kier alpha value is -1.63. The predicted molar refractivity (Wildman–Crippen MR) is 78.0 cm³/mol. The molecule has 112 valence electrons. The van der Waals surface area contributed by atoms with Crippen molar-refractivity contribution in [3.63, 3.8) is 0 Å². The first-order chi connectivity index (χ1) is 9.66. The molecule has 0 bridgehead atoms. The molecule has 7 heteroatoms. The highest BCUT2D eigenvalue weighted by molar-refractivity contribution is 9.10. The summed E-state index contributed by atoms with van der Waals surface area (Å²) in [6.45, 7) is 5.82. The number of nitrogens with zero attached hydrogens (tertiary/aromatic N) is 2. The van der Waals surface area contributed by atoms with Gasteiger partial charge in [-0.25, -0.2) is 23.1 Å². The number of anilines is 2. The normalized spacial score (nSPS) is 11.6. The number of hydrogen-bond donors (Lipinski definition) is 1. The van der Waals surface area contributed by atoms with E-state index in [4.69, 9.17) is 0 Å². The zero-order valence-corrected chi connectivity index (χ0v) is 13.2. The summed E-state index contributed by atoms with van der Waals surface area (Å²) in [5.74, 6) is -3.11. The summed E-state index contributed by atoms with van der Waals surface area (Å²) in [6, 6.07) is 3.30. The lowest BCUT2D eigenvalue weighted by molar-refractivity contribution is 0.448. The quantitative estimate of drug-likeness (QED) is 0.623. The first-order valence-electron chi connectivity index (χ1n) is 6.13. The van der Waals surface area contributed by atoms with Gasteiger partial charge in [-0.1, -0.05) is 20.8 Å². The van der Waals surface area contributed by atoms with Crippen LogP contribution in [0.2, 0.25) is 0 Å².